The Kier molecular flexibility index (Phi) is 5.78. The Hall–Kier alpha value is -0.610. The van der Waals surface area contributed by atoms with Crippen molar-refractivity contribution in [2.24, 2.45) is 0 Å². The minimum absolute atomic E-state index is 0. The summed E-state index contributed by atoms with van der Waals surface area (Å²) in [4.78, 5) is 4.53. The van der Waals surface area contributed by atoms with Gasteiger partial charge in [-0.15, -0.1) is 12.4 Å². The van der Waals surface area contributed by atoms with E-state index in [1.54, 1.807) is 5.64 Å². The predicted octanol–water partition coefficient (Wildman–Crippen LogP) is 1.52. The molecule has 62 valence electrons. The minimum Gasteiger partial charge on any atom is -0.292 e. The lowest BCUT2D eigenvalue weighted by molar-refractivity contribution is -0.135. The van der Waals surface area contributed by atoms with E-state index in [0.29, 0.717) is 6.61 Å². The smallest absolute Gasteiger partial charge is 0.0959 e. The SMILES string of the molecule is Cl.ONOCc1ccccc1. The summed E-state index contributed by atoms with van der Waals surface area (Å²) in [6.07, 6.45) is 0. The van der Waals surface area contributed by atoms with Crippen molar-refractivity contribution in [2.75, 3.05) is 0 Å². The van der Waals surface area contributed by atoms with Crippen LogP contribution in [0.2, 0.25) is 0 Å². The zero-order valence-electron chi connectivity index (χ0n) is 5.86. The zero-order valence-corrected chi connectivity index (χ0v) is 6.67. The summed E-state index contributed by atoms with van der Waals surface area (Å²) < 4.78 is 0. The maximum absolute atomic E-state index is 8.06. The zero-order chi connectivity index (χ0) is 7.23. The normalized spacial score (nSPS) is 8.82. The molecular weight excluding hydrogens is 166 g/mol. The van der Waals surface area contributed by atoms with Crippen LogP contribution < -0.4 is 5.64 Å². The monoisotopic (exact) mass is 175 g/mol. The van der Waals surface area contributed by atoms with Gasteiger partial charge in [0.05, 0.1) is 6.61 Å². The van der Waals surface area contributed by atoms with Crippen LogP contribution in [0.15, 0.2) is 30.3 Å². The van der Waals surface area contributed by atoms with E-state index in [0.717, 1.165) is 5.56 Å². The standard InChI is InChI=1S/C7H9NO2.ClH/c9-8-10-6-7-4-2-1-3-5-7;/h1-5,8-9H,6H2;1H. The van der Waals surface area contributed by atoms with Gasteiger partial charge in [-0.2, -0.15) is 0 Å². The fourth-order valence-corrected chi connectivity index (χ4v) is 0.690. The van der Waals surface area contributed by atoms with Crippen molar-refractivity contribution in [2.45, 2.75) is 6.61 Å². The third kappa shape index (κ3) is 3.95. The molecule has 0 radical (unpaired) electrons. The van der Waals surface area contributed by atoms with Crippen molar-refractivity contribution in [1.29, 1.82) is 0 Å². The van der Waals surface area contributed by atoms with Gasteiger partial charge in [-0.25, -0.2) is 0 Å². The molecule has 0 aromatic heterocycles. The Balaban J connectivity index is 0.000001000. The second kappa shape index (κ2) is 6.12. The van der Waals surface area contributed by atoms with E-state index in [2.05, 4.69) is 4.84 Å². The fourth-order valence-electron chi connectivity index (χ4n) is 0.690. The van der Waals surface area contributed by atoms with Crippen molar-refractivity contribution in [3.8, 4) is 0 Å². The van der Waals surface area contributed by atoms with Crippen LogP contribution in [0, 0.1) is 0 Å². The molecule has 0 saturated heterocycles. The number of rotatable bonds is 3. The molecule has 0 heterocycles. The van der Waals surface area contributed by atoms with Gasteiger partial charge in [0, 0.05) is 0 Å². The van der Waals surface area contributed by atoms with Gasteiger partial charge in [-0.1, -0.05) is 36.0 Å². The molecule has 1 aromatic rings. The summed E-state index contributed by atoms with van der Waals surface area (Å²) in [5.74, 6) is 0. The van der Waals surface area contributed by atoms with Gasteiger partial charge in [0.1, 0.15) is 0 Å². The van der Waals surface area contributed by atoms with E-state index in [-0.39, 0.29) is 12.4 Å². The van der Waals surface area contributed by atoms with Crippen molar-refractivity contribution in [1.82, 2.24) is 5.64 Å². The van der Waals surface area contributed by atoms with Crippen LogP contribution in [-0.4, -0.2) is 5.21 Å². The summed E-state index contributed by atoms with van der Waals surface area (Å²) in [6, 6.07) is 9.58. The Bertz CT molecular complexity index is 181. The first-order valence-corrected chi connectivity index (χ1v) is 2.98. The van der Waals surface area contributed by atoms with Gasteiger partial charge in [-0.05, 0) is 5.56 Å². The molecule has 0 aliphatic carbocycles. The molecule has 0 aliphatic rings. The molecule has 0 bridgehead atoms. The molecule has 2 N–H and O–H groups in total. The van der Waals surface area contributed by atoms with Crippen LogP contribution in [0.25, 0.3) is 0 Å². The minimum atomic E-state index is 0. The summed E-state index contributed by atoms with van der Waals surface area (Å²) in [7, 11) is 0. The molecule has 1 rings (SSSR count). The highest BCUT2D eigenvalue weighted by molar-refractivity contribution is 5.85. The molecule has 11 heavy (non-hydrogen) atoms. The van der Waals surface area contributed by atoms with Gasteiger partial charge in [-0.3, -0.25) is 10.0 Å². The molecule has 3 nitrogen and oxygen atoms in total. The Labute approximate surface area is 71.3 Å². The van der Waals surface area contributed by atoms with Crippen LogP contribution in [-0.2, 0) is 11.4 Å². The first-order chi connectivity index (χ1) is 4.93. The maximum Gasteiger partial charge on any atom is 0.0959 e. The van der Waals surface area contributed by atoms with Crippen LogP contribution in [0.5, 0.6) is 0 Å². The Morgan fingerprint density at radius 2 is 1.91 bits per heavy atom. The van der Waals surface area contributed by atoms with E-state index in [1.165, 1.54) is 0 Å². The van der Waals surface area contributed by atoms with Crippen LogP contribution in [0.1, 0.15) is 5.56 Å². The highest BCUT2D eigenvalue weighted by atomic mass is 35.5. The van der Waals surface area contributed by atoms with Crippen molar-refractivity contribution in [3.05, 3.63) is 35.9 Å². The fraction of sp³-hybridized carbons (Fsp3) is 0.143. The summed E-state index contributed by atoms with van der Waals surface area (Å²) in [6.45, 7) is 0.372. The average molecular weight is 176 g/mol. The Morgan fingerprint density at radius 3 is 2.45 bits per heavy atom. The van der Waals surface area contributed by atoms with E-state index >= 15 is 0 Å². The van der Waals surface area contributed by atoms with E-state index in [1.807, 2.05) is 30.3 Å². The van der Waals surface area contributed by atoms with E-state index in [9.17, 15) is 0 Å². The van der Waals surface area contributed by atoms with Crippen molar-refractivity contribution < 1.29 is 10.0 Å². The second-order valence-electron chi connectivity index (χ2n) is 1.87. The molecule has 0 amide bonds. The predicted molar refractivity (Wildman–Crippen MR) is 43.4 cm³/mol. The van der Waals surface area contributed by atoms with Crippen LogP contribution in [0.4, 0.5) is 0 Å². The molecular formula is C7H10ClNO2. The Morgan fingerprint density at radius 1 is 1.27 bits per heavy atom. The lowest BCUT2D eigenvalue weighted by Crippen LogP contribution is -2.07. The molecule has 0 atom stereocenters. The molecule has 0 spiro atoms. The second-order valence-corrected chi connectivity index (χ2v) is 1.87. The number of benzene rings is 1. The molecule has 4 heteroatoms. The summed E-state index contributed by atoms with van der Waals surface area (Å²) in [5, 5.41) is 8.06. The van der Waals surface area contributed by atoms with Gasteiger partial charge in [0.25, 0.3) is 0 Å². The molecule has 1 aromatic carbocycles. The lowest BCUT2D eigenvalue weighted by atomic mass is 10.2. The highest BCUT2D eigenvalue weighted by Crippen LogP contribution is 1.98. The molecule has 0 aliphatic heterocycles. The third-order valence-electron chi connectivity index (χ3n) is 1.15. The van der Waals surface area contributed by atoms with E-state index in [4.69, 9.17) is 5.21 Å². The van der Waals surface area contributed by atoms with Gasteiger partial charge in [0.2, 0.25) is 0 Å². The summed E-state index contributed by atoms with van der Waals surface area (Å²) in [5.41, 5.74) is 2.63. The number of halogens is 1. The summed E-state index contributed by atoms with van der Waals surface area (Å²) >= 11 is 0. The van der Waals surface area contributed by atoms with Crippen molar-refractivity contribution >= 4 is 12.4 Å². The number of hydrogen-bond acceptors (Lipinski definition) is 3. The largest absolute Gasteiger partial charge is 0.292 e. The average Bonchev–Trinajstić information content (AvgIpc) is 2.03. The number of nitrogens with one attached hydrogen (secondary N) is 1. The molecule has 0 fully saturated rings. The van der Waals surface area contributed by atoms with Crippen LogP contribution in [0.3, 0.4) is 0 Å². The molecule has 0 unspecified atom stereocenters. The first-order valence-electron chi connectivity index (χ1n) is 2.98. The van der Waals surface area contributed by atoms with Crippen molar-refractivity contribution in [3.63, 3.8) is 0 Å². The quantitative estimate of drug-likeness (QED) is 0.685. The highest BCUT2D eigenvalue weighted by Gasteiger charge is 1.87. The van der Waals surface area contributed by atoms with Gasteiger partial charge in [0.15, 0.2) is 0 Å². The van der Waals surface area contributed by atoms with Crippen LogP contribution >= 0.6 is 12.4 Å². The maximum atomic E-state index is 8.06. The van der Waals surface area contributed by atoms with Gasteiger partial charge >= 0.3 is 0 Å². The first kappa shape index (κ1) is 10.4. The third-order valence-corrected chi connectivity index (χ3v) is 1.15. The van der Waals surface area contributed by atoms with Gasteiger partial charge < -0.3 is 0 Å². The number of hydrogen-bond donors (Lipinski definition) is 2. The van der Waals surface area contributed by atoms with E-state index < -0.39 is 0 Å². The lowest BCUT2D eigenvalue weighted by Gasteiger charge is -1.98. The molecule has 0 saturated carbocycles. The topological polar surface area (TPSA) is 41.5 Å².